The Hall–Kier alpha value is -2.72. The molecular formula is C17H21N3O6S. The maximum absolute atomic E-state index is 12.5. The van der Waals surface area contributed by atoms with E-state index >= 15 is 0 Å². The number of aryl methyl sites for hydroxylation is 1. The van der Waals surface area contributed by atoms with Crippen LogP contribution in [0.25, 0.3) is 0 Å². The Morgan fingerprint density at radius 3 is 2.59 bits per heavy atom. The molecule has 0 atom stereocenters. The van der Waals surface area contributed by atoms with Crippen molar-refractivity contribution in [2.24, 2.45) is 0 Å². The molecule has 0 bridgehead atoms. The molecule has 2 rings (SSSR count). The second-order valence-corrected chi connectivity index (χ2v) is 8.09. The summed E-state index contributed by atoms with van der Waals surface area (Å²) in [6, 6.07) is 6.74. The summed E-state index contributed by atoms with van der Waals surface area (Å²) >= 11 is 0. The van der Waals surface area contributed by atoms with Crippen molar-refractivity contribution in [3.63, 3.8) is 0 Å². The number of sulfonamides is 1. The van der Waals surface area contributed by atoms with Crippen molar-refractivity contribution in [2.45, 2.75) is 31.7 Å². The molecule has 1 amide bonds. The summed E-state index contributed by atoms with van der Waals surface area (Å²) in [4.78, 5) is 23.9. The molecule has 0 aliphatic heterocycles. The molecule has 10 heteroatoms. The minimum Gasteiger partial charge on any atom is -0.452 e. The van der Waals surface area contributed by atoms with E-state index in [1.165, 1.54) is 41.7 Å². The zero-order chi connectivity index (χ0) is 20.2. The number of hydrogen-bond donors (Lipinski definition) is 1. The van der Waals surface area contributed by atoms with Gasteiger partial charge in [0.2, 0.25) is 10.0 Å². The molecule has 0 fully saturated rings. The molecule has 0 radical (unpaired) electrons. The Bertz CT molecular complexity index is 936. The molecule has 0 spiro atoms. The van der Waals surface area contributed by atoms with Crippen molar-refractivity contribution in [1.82, 2.24) is 9.46 Å². The zero-order valence-electron chi connectivity index (χ0n) is 15.4. The van der Waals surface area contributed by atoms with Gasteiger partial charge in [-0.15, -0.1) is 0 Å². The maximum Gasteiger partial charge on any atom is 0.338 e. The predicted octanol–water partition coefficient (Wildman–Crippen LogP) is 1.81. The molecule has 0 unspecified atom stereocenters. The lowest BCUT2D eigenvalue weighted by Crippen LogP contribution is -2.33. The summed E-state index contributed by atoms with van der Waals surface area (Å²) < 4.78 is 36.0. The number of nitrogens with one attached hydrogen (secondary N) is 1. The van der Waals surface area contributed by atoms with Gasteiger partial charge in [0.05, 0.1) is 10.5 Å². The number of benzene rings is 1. The number of carbonyl (C=O) groups excluding carboxylic acids is 2. The Morgan fingerprint density at radius 2 is 2.00 bits per heavy atom. The van der Waals surface area contributed by atoms with E-state index < -0.39 is 28.5 Å². The molecule has 0 saturated heterocycles. The van der Waals surface area contributed by atoms with Crippen LogP contribution >= 0.6 is 0 Å². The smallest absolute Gasteiger partial charge is 0.338 e. The van der Waals surface area contributed by atoms with Crippen LogP contribution in [0.15, 0.2) is 39.8 Å². The summed E-state index contributed by atoms with van der Waals surface area (Å²) in [5.74, 6) is -0.684. The number of esters is 1. The van der Waals surface area contributed by atoms with Crippen molar-refractivity contribution in [3.05, 3.63) is 41.7 Å². The van der Waals surface area contributed by atoms with Crippen LogP contribution in [0.5, 0.6) is 0 Å². The monoisotopic (exact) mass is 395 g/mol. The maximum atomic E-state index is 12.5. The summed E-state index contributed by atoms with van der Waals surface area (Å²) in [5.41, 5.74) is 0.0262. The third-order valence-electron chi connectivity index (χ3n) is 3.70. The van der Waals surface area contributed by atoms with Crippen LogP contribution in [0.1, 0.15) is 30.0 Å². The Kier molecular flexibility index (Phi) is 6.34. The summed E-state index contributed by atoms with van der Waals surface area (Å²) in [6.07, 6.45) is 0. The lowest BCUT2D eigenvalue weighted by atomic mass is 10.2. The van der Waals surface area contributed by atoms with E-state index in [4.69, 9.17) is 9.26 Å². The normalized spacial score (nSPS) is 11.6. The minimum absolute atomic E-state index is 0.0262. The molecule has 27 heavy (non-hydrogen) atoms. The second kappa shape index (κ2) is 8.31. The fraction of sp³-hybridized carbons (Fsp3) is 0.353. The molecule has 0 aliphatic carbocycles. The lowest BCUT2D eigenvalue weighted by molar-refractivity contribution is -0.119. The molecule has 0 aliphatic rings. The zero-order valence-corrected chi connectivity index (χ0v) is 16.2. The van der Waals surface area contributed by atoms with E-state index in [1.54, 1.807) is 20.8 Å². The van der Waals surface area contributed by atoms with Gasteiger partial charge in [0.1, 0.15) is 5.76 Å². The van der Waals surface area contributed by atoms with Gasteiger partial charge in [-0.3, -0.25) is 4.79 Å². The van der Waals surface area contributed by atoms with Gasteiger partial charge in [-0.1, -0.05) is 11.2 Å². The van der Waals surface area contributed by atoms with E-state index in [0.29, 0.717) is 5.76 Å². The fourth-order valence-corrected chi connectivity index (χ4v) is 3.46. The van der Waals surface area contributed by atoms with Gasteiger partial charge in [-0.25, -0.2) is 13.2 Å². The van der Waals surface area contributed by atoms with E-state index in [0.717, 1.165) is 0 Å². The van der Waals surface area contributed by atoms with Crippen molar-refractivity contribution in [1.29, 1.82) is 0 Å². The molecule has 1 aromatic heterocycles. The first-order valence-electron chi connectivity index (χ1n) is 8.09. The Labute approximate surface area is 157 Å². The quantitative estimate of drug-likeness (QED) is 0.710. The van der Waals surface area contributed by atoms with E-state index in [9.17, 15) is 18.0 Å². The number of hydrogen-bond acceptors (Lipinski definition) is 7. The van der Waals surface area contributed by atoms with E-state index in [2.05, 4.69) is 10.5 Å². The largest absolute Gasteiger partial charge is 0.452 e. The van der Waals surface area contributed by atoms with Crippen molar-refractivity contribution in [3.8, 4) is 0 Å². The summed E-state index contributed by atoms with van der Waals surface area (Å²) in [7, 11) is -2.28. The van der Waals surface area contributed by atoms with Crippen molar-refractivity contribution in [2.75, 3.05) is 19.0 Å². The van der Waals surface area contributed by atoms with Gasteiger partial charge in [0.15, 0.2) is 12.4 Å². The van der Waals surface area contributed by atoms with Crippen LogP contribution in [0, 0.1) is 6.92 Å². The average molecular weight is 395 g/mol. The first-order chi connectivity index (χ1) is 12.6. The van der Waals surface area contributed by atoms with Crippen LogP contribution in [-0.4, -0.2) is 49.5 Å². The van der Waals surface area contributed by atoms with Gasteiger partial charge in [-0.2, -0.15) is 4.31 Å². The molecule has 1 heterocycles. The van der Waals surface area contributed by atoms with Crippen molar-refractivity contribution < 1.29 is 27.3 Å². The van der Waals surface area contributed by atoms with Crippen molar-refractivity contribution >= 4 is 27.7 Å². The number of aromatic nitrogens is 1. The van der Waals surface area contributed by atoms with Crippen LogP contribution in [0.2, 0.25) is 0 Å². The van der Waals surface area contributed by atoms with Gasteiger partial charge < -0.3 is 14.6 Å². The topological polar surface area (TPSA) is 119 Å². The second-order valence-electron chi connectivity index (χ2n) is 6.09. The van der Waals surface area contributed by atoms with Gasteiger partial charge in [0.25, 0.3) is 5.91 Å². The third kappa shape index (κ3) is 5.14. The van der Waals surface area contributed by atoms with E-state index in [-0.39, 0.29) is 22.3 Å². The minimum atomic E-state index is -3.74. The standard InChI is InChI=1S/C17H21N3O6S/c1-11(2)20(4)27(23,24)14-7-5-6-13(9-14)17(22)25-10-16(21)18-15-8-12(3)26-19-15/h5-9,11H,10H2,1-4H3,(H,18,19,21). The van der Waals surface area contributed by atoms with Crippen LogP contribution in [0.3, 0.4) is 0 Å². The number of ether oxygens (including phenoxy) is 1. The molecular weight excluding hydrogens is 374 g/mol. The molecule has 2 aromatic rings. The number of rotatable bonds is 7. The average Bonchev–Trinajstić information content (AvgIpc) is 3.03. The number of amides is 1. The third-order valence-corrected chi connectivity index (χ3v) is 5.73. The lowest BCUT2D eigenvalue weighted by Gasteiger charge is -2.21. The number of carbonyl (C=O) groups is 2. The highest BCUT2D eigenvalue weighted by molar-refractivity contribution is 7.89. The highest BCUT2D eigenvalue weighted by Crippen LogP contribution is 2.18. The summed E-state index contributed by atoms with van der Waals surface area (Å²) in [5, 5.41) is 6.00. The Morgan fingerprint density at radius 1 is 1.30 bits per heavy atom. The SMILES string of the molecule is Cc1cc(NC(=O)COC(=O)c2cccc(S(=O)(=O)N(C)C(C)C)c2)no1. The number of nitrogens with zero attached hydrogens (tertiary/aromatic N) is 2. The van der Waals surface area contributed by atoms with Crippen LogP contribution in [0.4, 0.5) is 5.82 Å². The van der Waals surface area contributed by atoms with E-state index in [1.807, 2.05) is 0 Å². The molecule has 146 valence electrons. The van der Waals surface area contributed by atoms with Crippen LogP contribution in [-0.2, 0) is 19.6 Å². The molecule has 0 saturated carbocycles. The first kappa shape index (κ1) is 20.6. The van der Waals surface area contributed by atoms with Gasteiger partial charge in [-0.05, 0) is 39.0 Å². The fourth-order valence-electron chi connectivity index (χ4n) is 2.05. The highest BCUT2D eigenvalue weighted by atomic mass is 32.2. The summed E-state index contributed by atoms with van der Waals surface area (Å²) in [6.45, 7) is 4.60. The molecule has 9 nitrogen and oxygen atoms in total. The highest BCUT2D eigenvalue weighted by Gasteiger charge is 2.24. The molecule has 1 N–H and O–H groups in total. The predicted molar refractivity (Wildman–Crippen MR) is 96.7 cm³/mol. The van der Waals surface area contributed by atoms with Crippen LogP contribution < -0.4 is 5.32 Å². The van der Waals surface area contributed by atoms with Gasteiger partial charge in [0, 0.05) is 19.2 Å². The number of anilines is 1. The molecule has 1 aromatic carbocycles. The Balaban J connectivity index is 2.03. The first-order valence-corrected chi connectivity index (χ1v) is 9.53. The van der Waals surface area contributed by atoms with Gasteiger partial charge >= 0.3 is 5.97 Å².